The Hall–Kier alpha value is -2.90. The first kappa shape index (κ1) is 19.1. The summed E-state index contributed by atoms with van der Waals surface area (Å²) < 4.78 is 19.3. The molecule has 2 aromatic heterocycles. The van der Waals surface area contributed by atoms with Gasteiger partial charge in [0, 0.05) is 61.9 Å². The van der Waals surface area contributed by atoms with Crippen LogP contribution in [0.4, 0.5) is 15.9 Å². The Kier molecular flexibility index (Phi) is 5.38. The molecule has 30 heavy (non-hydrogen) atoms. The molecule has 7 heteroatoms. The molecule has 1 aromatic carbocycles. The number of nitrogens with zero attached hydrogens (tertiary/aromatic N) is 4. The molecular weight excluding hydrogens is 381 g/mol. The summed E-state index contributed by atoms with van der Waals surface area (Å²) >= 11 is 0. The standard InChI is InChI=1S/C23H24FN5O/c24-18-2-1-3-19(12-18)26-23-20-14-29(13-16-7-11-30-15-16)10-6-21(20)27-22(28-23)17-4-8-25-9-5-17/h1-5,8-9,12,16H,6-7,10-11,13-15H2,(H,26,27,28)/t16-/m0/s1. The zero-order chi connectivity index (χ0) is 20.3. The molecule has 2 aliphatic heterocycles. The van der Waals surface area contributed by atoms with Gasteiger partial charge in [0.15, 0.2) is 5.82 Å². The van der Waals surface area contributed by atoms with Crippen molar-refractivity contribution in [3.05, 3.63) is 65.9 Å². The summed E-state index contributed by atoms with van der Waals surface area (Å²) in [6.45, 7) is 4.47. The number of aromatic nitrogens is 3. The van der Waals surface area contributed by atoms with Crippen LogP contribution >= 0.6 is 0 Å². The highest BCUT2D eigenvalue weighted by molar-refractivity contribution is 5.65. The average molecular weight is 405 g/mol. The molecule has 1 fully saturated rings. The topological polar surface area (TPSA) is 63.2 Å². The van der Waals surface area contributed by atoms with Crippen molar-refractivity contribution in [1.29, 1.82) is 0 Å². The lowest BCUT2D eigenvalue weighted by Gasteiger charge is -2.31. The third kappa shape index (κ3) is 4.17. The van der Waals surface area contributed by atoms with Crippen molar-refractivity contribution in [1.82, 2.24) is 19.9 Å². The Labute approximate surface area is 175 Å². The molecule has 2 aliphatic rings. The number of nitrogens with one attached hydrogen (secondary N) is 1. The molecule has 6 nitrogen and oxygen atoms in total. The highest BCUT2D eigenvalue weighted by atomic mass is 19.1. The van der Waals surface area contributed by atoms with Crippen molar-refractivity contribution in [2.75, 3.05) is 31.6 Å². The first-order valence-corrected chi connectivity index (χ1v) is 10.4. The highest BCUT2D eigenvalue weighted by Crippen LogP contribution is 2.30. The molecule has 1 atom stereocenters. The summed E-state index contributed by atoms with van der Waals surface area (Å²) in [7, 11) is 0. The number of pyridine rings is 1. The van der Waals surface area contributed by atoms with Gasteiger partial charge in [0.1, 0.15) is 11.6 Å². The maximum atomic E-state index is 13.7. The molecule has 0 spiro atoms. The Morgan fingerprint density at radius 2 is 2.07 bits per heavy atom. The van der Waals surface area contributed by atoms with E-state index in [0.29, 0.717) is 17.4 Å². The number of fused-ring (bicyclic) bond motifs is 1. The van der Waals surface area contributed by atoms with Gasteiger partial charge in [-0.2, -0.15) is 0 Å². The molecule has 4 heterocycles. The summed E-state index contributed by atoms with van der Waals surface area (Å²) in [5, 5.41) is 3.34. The van der Waals surface area contributed by atoms with Crippen LogP contribution in [-0.2, 0) is 17.7 Å². The van der Waals surface area contributed by atoms with E-state index >= 15 is 0 Å². The van der Waals surface area contributed by atoms with Crippen LogP contribution in [0.1, 0.15) is 17.7 Å². The van der Waals surface area contributed by atoms with E-state index in [-0.39, 0.29) is 5.82 Å². The Bertz CT molecular complexity index is 1020. The van der Waals surface area contributed by atoms with Gasteiger partial charge in [0.05, 0.1) is 12.3 Å². The van der Waals surface area contributed by atoms with Crippen LogP contribution in [0.3, 0.4) is 0 Å². The lowest BCUT2D eigenvalue weighted by atomic mass is 10.0. The van der Waals surface area contributed by atoms with Crippen molar-refractivity contribution in [2.24, 2.45) is 5.92 Å². The molecule has 154 valence electrons. The lowest BCUT2D eigenvalue weighted by Crippen LogP contribution is -2.36. The molecule has 0 amide bonds. The van der Waals surface area contributed by atoms with Crippen LogP contribution in [0.2, 0.25) is 0 Å². The van der Waals surface area contributed by atoms with Crippen LogP contribution in [0.25, 0.3) is 11.4 Å². The van der Waals surface area contributed by atoms with Gasteiger partial charge >= 0.3 is 0 Å². The predicted octanol–water partition coefficient (Wildman–Crippen LogP) is 3.82. The van der Waals surface area contributed by atoms with Crippen molar-refractivity contribution in [3.63, 3.8) is 0 Å². The maximum Gasteiger partial charge on any atom is 0.161 e. The molecule has 0 saturated carbocycles. The van der Waals surface area contributed by atoms with Crippen molar-refractivity contribution in [3.8, 4) is 11.4 Å². The number of halogens is 1. The molecule has 5 rings (SSSR count). The normalized spacial score (nSPS) is 18.9. The fourth-order valence-corrected chi connectivity index (χ4v) is 4.15. The molecule has 0 radical (unpaired) electrons. The smallest absolute Gasteiger partial charge is 0.161 e. The second-order valence-electron chi connectivity index (χ2n) is 7.91. The highest BCUT2D eigenvalue weighted by Gasteiger charge is 2.26. The summed E-state index contributed by atoms with van der Waals surface area (Å²) in [4.78, 5) is 16.2. The van der Waals surface area contributed by atoms with Gasteiger partial charge in [0.25, 0.3) is 0 Å². The third-order valence-electron chi connectivity index (χ3n) is 5.71. The van der Waals surface area contributed by atoms with E-state index in [1.54, 1.807) is 18.5 Å². The van der Waals surface area contributed by atoms with Gasteiger partial charge in [-0.15, -0.1) is 0 Å². The molecule has 0 bridgehead atoms. The van der Waals surface area contributed by atoms with Gasteiger partial charge in [-0.1, -0.05) is 6.07 Å². The van der Waals surface area contributed by atoms with Gasteiger partial charge in [-0.25, -0.2) is 14.4 Å². The first-order chi connectivity index (χ1) is 14.7. The van der Waals surface area contributed by atoms with Crippen molar-refractivity contribution >= 4 is 11.5 Å². The number of anilines is 2. The fourth-order valence-electron chi connectivity index (χ4n) is 4.15. The van der Waals surface area contributed by atoms with E-state index in [9.17, 15) is 4.39 Å². The minimum Gasteiger partial charge on any atom is -0.381 e. The van der Waals surface area contributed by atoms with Crippen LogP contribution in [-0.4, -0.2) is 46.2 Å². The maximum absolute atomic E-state index is 13.7. The van der Waals surface area contributed by atoms with Gasteiger partial charge in [-0.3, -0.25) is 9.88 Å². The molecular formula is C23H24FN5O. The monoisotopic (exact) mass is 405 g/mol. The van der Waals surface area contributed by atoms with Crippen molar-refractivity contribution in [2.45, 2.75) is 19.4 Å². The number of ether oxygens (including phenoxy) is 1. The minimum atomic E-state index is -0.278. The van der Waals surface area contributed by atoms with Crippen LogP contribution in [0.5, 0.6) is 0 Å². The minimum absolute atomic E-state index is 0.278. The summed E-state index contributed by atoms with van der Waals surface area (Å²) in [5.74, 6) is 1.71. The van der Waals surface area contributed by atoms with E-state index in [4.69, 9.17) is 14.7 Å². The molecule has 0 unspecified atom stereocenters. The lowest BCUT2D eigenvalue weighted by molar-refractivity contribution is 0.161. The largest absolute Gasteiger partial charge is 0.381 e. The number of hydrogen-bond acceptors (Lipinski definition) is 6. The average Bonchev–Trinajstić information content (AvgIpc) is 3.28. The third-order valence-corrected chi connectivity index (χ3v) is 5.71. The van der Waals surface area contributed by atoms with E-state index in [0.717, 1.165) is 68.3 Å². The zero-order valence-electron chi connectivity index (χ0n) is 16.7. The van der Waals surface area contributed by atoms with E-state index in [1.165, 1.54) is 12.1 Å². The summed E-state index contributed by atoms with van der Waals surface area (Å²) in [5.41, 5.74) is 3.73. The molecule has 1 N–H and O–H groups in total. The van der Waals surface area contributed by atoms with E-state index in [2.05, 4.69) is 15.2 Å². The number of benzene rings is 1. The molecule has 0 aliphatic carbocycles. The number of hydrogen-bond donors (Lipinski definition) is 1. The van der Waals surface area contributed by atoms with Gasteiger partial charge in [0.2, 0.25) is 0 Å². The Balaban J connectivity index is 1.49. The van der Waals surface area contributed by atoms with Crippen LogP contribution in [0.15, 0.2) is 48.8 Å². The van der Waals surface area contributed by atoms with E-state index < -0.39 is 0 Å². The molecule has 1 saturated heterocycles. The van der Waals surface area contributed by atoms with Crippen LogP contribution in [0, 0.1) is 11.7 Å². The summed E-state index contributed by atoms with van der Waals surface area (Å²) in [6, 6.07) is 10.3. The molecule has 3 aromatic rings. The summed E-state index contributed by atoms with van der Waals surface area (Å²) in [6.07, 6.45) is 5.46. The first-order valence-electron chi connectivity index (χ1n) is 10.4. The SMILES string of the molecule is Fc1cccc(Nc2nc(-c3ccncc3)nc3c2CN(C[C@@H]2CCOC2)CC3)c1. The quantitative estimate of drug-likeness (QED) is 0.696. The van der Waals surface area contributed by atoms with E-state index in [1.807, 2.05) is 18.2 Å². The fraction of sp³-hybridized carbons (Fsp3) is 0.348. The number of rotatable bonds is 5. The Morgan fingerprint density at radius 1 is 1.17 bits per heavy atom. The zero-order valence-corrected chi connectivity index (χ0v) is 16.7. The van der Waals surface area contributed by atoms with Gasteiger partial charge < -0.3 is 10.1 Å². The second-order valence-corrected chi connectivity index (χ2v) is 7.91. The predicted molar refractivity (Wildman–Crippen MR) is 113 cm³/mol. The Morgan fingerprint density at radius 3 is 2.87 bits per heavy atom. The van der Waals surface area contributed by atoms with Gasteiger partial charge in [-0.05, 0) is 42.7 Å². The van der Waals surface area contributed by atoms with Crippen molar-refractivity contribution < 1.29 is 9.13 Å². The second kappa shape index (κ2) is 8.45. The van der Waals surface area contributed by atoms with Crippen LogP contribution < -0.4 is 5.32 Å².